The van der Waals surface area contributed by atoms with Gasteiger partial charge in [-0.05, 0) is 88.8 Å². The highest BCUT2D eigenvalue weighted by Gasteiger charge is 2.40. The number of anilines is 1. The average Bonchev–Trinajstić information content (AvgIpc) is 3.65. The number of fused-ring (bicyclic) bond motifs is 4. The summed E-state index contributed by atoms with van der Waals surface area (Å²) in [7, 11) is 0. The molecule has 1 aliphatic heterocycles. The summed E-state index contributed by atoms with van der Waals surface area (Å²) in [6.07, 6.45) is 4.37. The highest BCUT2D eigenvalue weighted by atomic mass is 35.5. The van der Waals surface area contributed by atoms with Gasteiger partial charge in [0.05, 0.1) is 23.1 Å². The number of nitrogens with two attached hydrogens (primary N) is 1. The molecular weight excluding hydrogens is 667 g/mol. The second-order valence-electron chi connectivity index (χ2n) is 14.7. The maximum Gasteiger partial charge on any atom is 0.410 e. The second-order valence-corrected chi connectivity index (χ2v) is 15.1. The summed E-state index contributed by atoms with van der Waals surface area (Å²) in [5, 5.41) is 6.14. The molecule has 11 heteroatoms. The Hall–Kier alpha value is -4.70. The predicted molar refractivity (Wildman–Crippen MR) is 199 cm³/mol. The number of carbonyl (C=O) groups is 1. The molecule has 9 nitrogen and oxygen atoms in total. The molecule has 1 saturated heterocycles. The van der Waals surface area contributed by atoms with Crippen molar-refractivity contribution < 1.29 is 18.7 Å². The van der Waals surface area contributed by atoms with E-state index in [0.29, 0.717) is 43.1 Å². The van der Waals surface area contributed by atoms with Crippen LogP contribution in [0.3, 0.4) is 0 Å². The zero-order valence-corrected chi connectivity index (χ0v) is 30.9. The van der Waals surface area contributed by atoms with Crippen molar-refractivity contribution in [2.24, 2.45) is 0 Å². The van der Waals surface area contributed by atoms with Gasteiger partial charge in [-0.2, -0.15) is 5.10 Å². The number of amides is 1. The lowest BCUT2D eigenvalue weighted by Gasteiger charge is -2.41. The van der Waals surface area contributed by atoms with Gasteiger partial charge < -0.3 is 20.1 Å². The molecular formula is C40H44ClFN6O3. The minimum Gasteiger partial charge on any atom is -0.493 e. The third kappa shape index (κ3) is 5.97. The summed E-state index contributed by atoms with van der Waals surface area (Å²) in [5.41, 5.74) is 16.1. The highest BCUT2D eigenvalue weighted by molar-refractivity contribution is 6.31. The lowest BCUT2D eigenvalue weighted by molar-refractivity contribution is 0.00763. The van der Waals surface area contributed by atoms with Gasteiger partial charge in [0.2, 0.25) is 0 Å². The Morgan fingerprint density at radius 2 is 1.90 bits per heavy atom. The number of nitrogens with zero attached hydrogens (tertiary/aromatic N) is 5. The zero-order valence-electron chi connectivity index (χ0n) is 30.2. The first-order valence-electron chi connectivity index (χ1n) is 17.6. The third-order valence-corrected chi connectivity index (χ3v) is 10.5. The molecule has 7 rings (SSSR count). The minimum absolute atomic E-state index is 0.0191. The molecule has 5 aromatic rings. The van der Waals surface area contributed by atoms with E-state index in [1.54, 1.807) is 11.0 Å². The van der Waals surface area contributed by atoms with Crippen LogP contribution < -0.4 is 10.5 Å². The molecule has 2 N–H and O–H groups in total. The molecule has 0 spiro atoms. The molecule has 1 fully saturated rings. The van der Waals surface area contributed by atoms with Crippen LogP contribution in [-0.4, -0.2) is 56.0 Å². The average molecular weight is 711 g/mol. The Labute approximate surface area is 302 Å². The van der Waals surface area contributed by atoms with Crippen LogP contribution in [0.25, 0.3) is 33.4 Å². The van der Waals surface area contributed by atoms with Crippen LogP contribution >= 0.6 is 11.6 Å². The normalized spacial score (nSPS) is 15.4. The van der Waals surface area contributed by atoms with Crippen LogP contribution in [0.4, 0.5) is 14.9 Å². The van der Waals surface area contributed by atoms with Crippen molar-refractivity contribution in [3.63, 3.8) is 0 Å². The van der Waals surface area contributed by atoms with E-state index in [0.717, 1.165) is 56.6 Å². The molecule has 1 aliphatic carbocycles. The van der Waals surface area contributed by atoms with Crippen LogP contribution in [0, 0.1) is 12.7 Å². The van der Waals surface area contributed by atoms with E-state index in [9.17, 15) is 4.79 Å². The summed E-state index contributed by atoms with van der Waals surface area (Å²) in [4.78, 5) is 23.5. The fourth-order valence-electron chi connectivity index (χ4n) is 7.77. The number of nitrogen functional groups attached to an aromatic ring is 1. The van der Waals surface area contributed by atoms with Crippen molar-refractivity contribution in [1.82, 2.24) is 24.6 Å². The van der Waals surface area contributed by atoms with E-state index in [4.69, 9.17) is 36.9 Å². The van der Waals surface area contributed by atoms with Crippen LogP contribution in [0.2, 0.25) is 5.02 Å². The topological polar surface area (TPSA) is 108 Å². The summed E-state index contributed by atoms with van der Waals surface area (Å²) in [6, 6.07) is 12.0. The zero-order chi connectivity index (χ0) is 36.4. The van der Waals surface area contributed by atoms with Crippen molar-refractivity contribution in [3.05, 3.63) is 87.6 Å². The maximum absolute atomic E-state index is 16.0. The first kappa shape index (κ1) is 34.7. The summed E-state index contributed by atoms with van der Waals surface area (Å²) >= 11 is 6.66. The van der Waals surface area contributed by atoms with E-state index in [-0.39, 0.29) is 22.9 Å². The number of aromatic nitrogens is 4. The van der Waals surface area contributed by atoms with Crippen molar-refractivity contribution in [2.75, 3.05) is 25.4 Å². The first-order valence-corrected chi connectivity index (χ1v) is 18.0. The monoisotopic (exact) mass is 710 g/mol. The van der Waals surface area contributed by atoms with Crippen molar-refractivity contribution >= 4 is 34.4 Å². The van der Waals surface area contributed by atoms with Gasteiger partial charge in [-0.1, -0.05) is 42.8 Å². The number of benzene rings is 3. The number of hydrogen-bond acceptors (Lipinski definition) is 7. The van der Waals surface area contributed by atoms with Crippen LogP contribution in [-0.2, 0) is 11.2 Å². The molecule has 2 aromatic heterocycles. The van der Waals surface area contributed by atoms with E-state index >= 15 is 4.39 Å². The molecule has 266 valence electrons. The van der Waals surface area contributed by atoms with Crippen LogP contribution in [0.1, 0.15) is 93.7 Å². The van der Waals surface area contributed by atoms with E-state index in [1.807, 2.05) is 51.6 Å². The number of ether oxygens (including phenoxy) is 2. The molecule has 51 heavy (non-hydrogen) atoms. The van der Waals surface area contributed by atoms with Gasteiger partial charge in [0.1, 0.15) is 29.2 Å². The lowest BCUT2D eigenvalue weighted by Crippen LogP contribution is -2.50. The second kappa shape index (κ2) is 13.1. The quantitative estimate of drug-likeness (QED) is 0.157. The van der Waals surface area contributed by atoms with Gasteiger partial charge in [-0.3, -0.25) is 0 Å². The van der Waals surface area contributed by atoms with E-state index in [2.05, 4.69) is 43.1 Å². The van der Waals surface area contributed by atoms with Crippen molar-refractivity contribution in [1.29, 1.82) is 0 Å². The summed E-state index contributed by atoms with van der Waals surface area (Å²) < 4.78 is 29.8. The Morgan fingerprint density at radius 1 is 1.16 bits per heavy atom. The summed E-state index contributed by atoms with van der Waals surface area (Å²) in [6.45, 7) is 14.5. The molecule has 0 saturated carbocycles. The Balaban J connectivity index is 1.30. The molecule has 3 heterocycles. The first-order chi connectivity index (χ1) is 24.3. The van der Waals surface area contributed by atoms with Crippen molar-refractivity contribution in [3.8, 4) is 28.1 Å². The van der Waals surface area contributed by atoms with Gasteiger partial charge >= 0.3 is 6.09 Å². The number of aryl methyl sites for hydroxylation is 1. The SMILES string of the molecule is CCOc1c(C(CC)C(C)n2nc(-c3cc(C)c(N)c4c3Cc3ccccc3-4)c3cncnc32)cc(Cl)c(F)c1C1CN(C(=O)OC(C)(C)C)C1. The minimum atomic E-state index is -0.628. The largest absolute Gasteiger partial charge is 0.493 e. The smallest absolute Gasteiger partial charge is 0.410 e. The number of hydrogen-bond donors (Lipinski definition) is 1. The van der Waals surface area contributed by atoms with Crippen LogP contribution in [0.15, 0.2) is 48.9 Å². The molecule has 2 atom stereocenters. The Morgan fingerprint density at radius 3 is 2.61 bits per heavy atom. The highest BCUT2D eigenvalue weighted by Crippen LogP contribution is 2.49. The van der Waals surface area contributed by atoms with Gasteiger partial charge in [0, 0.05) is 59.1 Å². The van der Waals surface area contributed by atoms with E-state index < -0.39 is 17.5 Å². The molecule has 0 bridgehead atoms. The third-order valence-electron chi connectivity index (χ3n) is 10.2. The van der Waals surface area contributed by atoms with Gasteiger partial charge in [0.25, 0.3) is 0 Å². The molecule has 3 aromatic carbocycles. The lowest BCUT2D eigenvalue weighted by atomic mass is 9.83. The molecule has 2 unspecified atom stereocenters. The molecule has 2 aliphatic rings. The maximum atomic E-state index is 16.0. The van der Waals surface area contributed by atoms with Gasteiger partial charge in [0.15, 0.2) is 5.65 Å². The number of carbonyl (C=O) groups excluding carboxylic acids is 1. The number of halogens is 2. The standard InChI is InChI=1S/C40H44ClFN6O3/c1-8-25(29-16-31(41)34(42)32(37(29)50-9-2)24-18-47(19-24)39(49)51-40(5,6)7)22(4)48-38-30(17-44-20-45-38)36(46-48)28-14-21(3)35(43)33-26-13-11-10-12-23(26)15-27(28)33/h10-14,16-17,20,22,24-25H,8-9,15,18-19,43H2,1-7H3. The summed E-state index contributed by atoms with van der Waals surface area (Å²) in [5.74, 6) is -0.523. The number of rotatable bonds is 8. The Kier molecular flexibility index (Phi) is 8.94. The van der Waals surface area contributed by atoms with Crippen LogP contribution in [0.5, 0.6) is 5.75 Å². The van der Waals surface area contributed by atoms with E-state index in [1.165, 1.54) is 11.9 Å². The molecule has 0 radical (unpaired) electrons. The Bertz CT molecular complexity index is 2170. The number of likely N-dealkylation sites (tertiary alicyclic amines) is 1. The molecule has 1 amide bonds. The van der Waals surface area contributed by atoms with Crippen molar-refractivity contribution in [2.45, 2.75) is 84.8 Å². The fourth-order valence-corrected chi connectivity index (χ4v) is 7.99. The van der Waals surface area contributed by atoms with Gasteiger partial charge in [-0.15, -0.1) is 0 Å². The fraction of sp³-hybridized carbons (Fsp3) is 0.400. The van der Waals surface area contributed by atoms with Gasteiger partial charge in [-0.25, -0.2) is 23.8 Å². The predicted octanol–water partition coefficient (Wildman–Crippen LogP) is 9.24.